The summed E-state index contributed by atoms with van der Waals surface area (Å²) in [7, 11) is 0. The van der Waals surface area contributed by atoms with Crippen LogP contribution in [0.25, 0.3) is 10.8 Å². The van der Waals surface area contributed by atoms with Crippen LogP contribution in [0.1, 0.15) is 41.3 Å². The van der Waals surface area contributed by atoms with E-state index < -0.39 is 0 Å². The fourth-order valence-electron chi connectivity index (χ4n) is 4.51. The number of ether oxygens (including phenoxy) is 1. The van der Waals surface area contributed by atoms with E-state index in [1.807, 2.05) is 6.07 Å². The predicted octanol–water partition coefficient (Wildman–Crippen LogP) is 7.86. The molecule has 0 radical (unpaired) electrons. The zero-order chi connectivity index (χ0) is 23.2. The molecule has 2 heteroatoms. The average Bonchev–Trinajstić information content (AvgIpc) is 2.92. The molecule has 0 aromatic heterocycles. The molecule has 5 aromatic rings. The first-order valence-electron chi connectivity index (χ1n) is 11.8. The summed E-state index contributed by atoms with van der Waals surface area (Å²) in [5.74, 6) is 0.907. The minimum Gasteiger partial charge on any atom is -0.489 e. The van der Waals surface area contributed by atoms with Crippen LogP contribution < -0.4 is 10.1 Å². The van der Waals surface area contributed by atoms with Crippen LogP contribution in [0.4, 0.5) is 0 Å². The van der Waals surface area contributed by atoms with Crippen molar-refractivity contribution in [3.05, 3.63) is 150 Å². The summed E-state index contributed by atoms with van der Waals surface area (Å²) in [4.78, 5) is 0. The SMILES string of the molecule is C[C@H](N[C@@H](c1ccccc1)c1c(OCc2ccccc2)ccc2ccccc12)c1ccccc1. The zero-order valence-corrected chi connectivity index (χ0v) is 19.4. The highest BCUT2D eigenvalue weighted by Gasteiger charge is 2.23. The fraction of sp³-hybridized carbons (Fsp3) is 0.125. The largest absolute Gasteiger partial charge is 0.489 e. The summed E-state index contributed by atoms with van der Waals surface area (Å²) in [5, 5.41) is 6.33. The number of nitrogens with one attached hydrogen (secondary N) is 1. The van der Waals surface area contributed by atoms with Crippen molar-refractivity contribution in [3.63, 3.8) is 0 Å². The Labute approximate surface area is 201 Å². The molecule has 0 aliphatic heterocycles. The van der Waals surface area contributed by atoms with E-state index in [0.29, 0.717) is 6.61 Å². The van der Waals surface area contributed by atoms with Crippen LogP contribution in [0.15, 0.2) is 127 Å². The molecule has 2 atom stereocenters. The van der Waals surface area contributed by atoms with Crippen molar-refractivity contribution < 1.29 is 4.74 Å². The molecule has 0 aliphatic carbocycles. The van der Waals surface area contributed by atoms with Crippen molar-refractivity contribution in [1.29, 1.82) is 0 Å². The Hall–Kier alpha value is -3.88. The molecule has 0 bridgehead atoms. The Morgan fingerprint density at radius 2 is 1.21 bits per heavy atom. The Kier molecular flexibility index (Phi) is 6.69. The first-order chi connectivity index (χ1) is 16.8. The molecule has 168 valence electrons. The number of benzene rings is 5. The molecule has 0 fully saturated rings. The molecule has 1 N–H and O–H groups in total. The predicted molar refractivity (Wildman–Crippen MR) is 141 cm³/mol. The molecule has 0 aliphatic rings. The average molecular weight is 444 g/mol. The third kappa shape index (κ3) is 4.88. The summed E-state index contributed by atoms with van der Waals surface area (Å²) in [6.07, 6.45) is 0. The van der Waals surface area contributed by atoms with Crippen LogP contribution >= 0.6 is 0 Å². The topological polar surface area (TPSA) is 21.3 Å². The minimum atomic E-state index is -0.0340. The van der Waals surface area contributed by atoms with Gasteiger partial charge in [-0.05, 0) is 40.5 Å². The lowest BCUT2D eigenvalue weighted by Crippen LogP contribution is -2.26. The summed E-state index contributed by atoms with van der Waals surface area (Å²) in [5.41, 5.74) is 4.80. The van der Waals surface area contributed by atoms with Crippen molar-refractivity contribution in [2.75, 3.05) is 0 Å². The van der Waals surface area contributed by atoms with E-state index in [1.165, 1.54) is 27.5 Å². The molecule has 0 saturated carbocycles. The van der Waals surface area contributed by atoms with E-state index in [4.69, 9.17) is 4.74 Å². The first kappa shape index (κ1) is 21.9. The summed E-state index contributed by atoms with van der Waals surface area (Å²) < 4.78 is 6.48. The van der Waals surface area contributed by atoms with E-state index in [0.717, 1.165) is 11.3 Å². The number of hydrogen-bond acceptors (Lipinski definition) is 2. The Balaban J connectivity index is 1.60. The van der Waals surface area contributed by atoms with Crippen LogP contribution in [0.2, 0.25) is 0 Å². The molecule has 34 heavy (non-hydrogen) atoms. The van der Waals surface area contributed by atoms with Gasteiger partial charge in [-0.25, -0.2) is 0 Å². The minimum absolute atomic E-state index is 0.0340. The van der Waals surface area contributed by atoms with Gasteiger partial charge in [-0.1, -0.05) is 121 Å². The van der Waals surface area contributed by atoms with Crippen LogP contribution in [-0.2, 0) is 6.61 Å². The highest BCUT2D eigenvalue weighted by molar-refractivity contribution is 5.88. The smallest absolute Gasteiger partial charge is 0.125 e. The Morgan fingerprint density at radius 3 is 1.91 bits per heavy atom. The van der Waals surface area contributed by atoms with Gasteiger partial charge in [-0.3, -0.25) is 5.32 Å². The van der Waals surface area contributed by atoms with Crippen LogP contribution in [0.3, 0.4) is 0 Å². The third-order valence-corrected chi connectivity index (χ3v) is 6.31. The van der Waals surface area contributed by atoms with Crippen molar-refractivity contribution in [1.82, 2.24) is 5.32 Å². The molecule has 5 aromatic carbocycles. The van der Waals surface area contributed by atoms with Gasteiger partial charge in [0.15, 0.2) is 0 Å². The normalized spacial score (nSPS) is 12.9. The molecular formula is C32H29NO. The van der Waals surface area contributed by atoms with Gasteiger partial charge in [0.25, 0.3) is 0 Å². The quantitative estimate of drug-likeness (QED) is 0.263. The second-order valence-corrected chi connectivity index (χ2v) is 8.62. The summed E-state index contributed by atoms with van der Waals surface area (Å²) >= 11 is 0. The summed E-state index contributed by atoms with van der Waals surface area (Å²) in [6.45, 7) is 2.75. The van der Waals surface area contributed by atoms with Gasteiger partial charge in [0.05, 0.1) is 6.04 Å². The van der Waals surface area contributed by atoms with E-state index >= 15 is 0 Å². The van der Waals surface area contributed by atoms with Gasteiger partial charge in [-0.2, -0.15) is 0 Å². The molecule has 0 spiro atoms. The Bertz CT molecular complexity index is 1330. The fourth-order valence-corrected chi connectivity index (χ4v) is 4.51. The second-order valence-electron chi connectivity index (χ2n) is 8.62. The summed E-state index contributed by atoms with van der Waals surface area (Å²) in [6, 6.07) is 44.6. The van der Waals surface area contributed by atoms with E-state index in [2.05, 4.69) is 134 Å². The van der Waals surface area contributed by atoms with Crippen molar-refractivity contribution in [2.45, 2.75) is 25.6 Å². The van der Waals surface area contributed by atoms with Gasteiger partial charge in [0.1, 0.15) is 12.4 Å². The van der Waals surface area contributed by atoms with Gasteiger partial charge >= 0.3 is 0 Å². The van der Waals surface area contributed by atoms with Crippen LogP contribution in [0, 0.1) is 0 Å². The van der Waals surface area contributed by atoms with Crippen molar-refractivity contribution in [3.8, 4) is 5.75 Å². The van der Waals surface area contributed by atoms with E-state index in [-0.39, 0.29) is 12.1 Å². The number of rotatable bonds is 8. The molecular weight excluding hydrogens is 414 g/mol. The lowest BCUT2D eigenvalue weighted by atomic mass is 9.91. The van der Waals surface area contributed by atoms with Gasteiger partial charge in [0.2, 0.25) is 0 Å². The maximum Gasteiger partial charge on any atom is 0.125 e. The van der Waals surface area contributed by atoms with Crippen LogP contribution in [-0.4, -0.2) is 0 Å². The third-order valence-electron chi connectivity index (χ3n) is 6.31. The lowest BCUT2D eigenvalue weighted by Gasteiger charge is -2.28. The van der Waals surface area contributed by atoms with Gasteiger partial charge < -0.3 is 4.74 Å². The second kappa shape index (κ2) is 10.4. The molecule has 5 rings (SSSR count). The lowest BCUT2D eigenvalue weighted by molar-refractivity contribution is 0.300. The molecule has 0 unspecified atom stereocenters. The molecule has 0 saturated heterocycles. The van der Waals surface area contributed by atoms with Crippen molar-refractivity contribution >= 4 is 10.8 Å². The number of hydrogen-bond donors (Lipinski definition) is 1. The van der Waals surface area contributed by atoms with Gasteiger partial charge in [-0.15, -0.1) is 0 Å². The zero-order valence-electron chi connectivity index (χ0n) is 19.4. The molecule has 0 heterocycles. The number of fused-ring (bicyclic) bond motifs is 1. The molecule has 0 amide bonds. The highest BCUT2D eigenvalue weighted by atomic mass is 16.5. The first-order valence-corrected chi connectivity index (χ1v) is 11.8. The van der Waals surface area contributed by atoms with E-state index in [9.17, 15) is 0 Å². The van der Waals surface area contributed by atoms with E-state index in [1.54, 1.807) is 0 Å². The monoisotopic (exact) mass is 443 g/mol. The van der Waals surface area contributed by atoms with Gasteiger partial charge in [0, 0.05) is 11.6 Å². The maximum atomic E-state index is 6.48. The molecule has 2 nitrogen and oxygen atoms in total. The highest BCUT2D eigenvalue weighted by Crippen LogP contribution is 2.38. The maximum absolute atomic E-state index is 6.48. The Morgan fingerprint density at radius 1 is 0.618 bits per heavy atom. The standard InChI is InChI=1S/C32H29NO/c1-24(26-15-7-3-8-16-26)33-32(28-18-9-4-10-19-28)31-29-20-12-11-17-27(29)21-22-30(31)34-23-25-13-5-2-6-14-25/h2-22,24,32-33H,23H2,1H3/t24-,32-/m0/s1. The van der Waals surface area contributed by atoms with Crippen molar-refractivity contribution in [2.24, 2.45) is 0 Å². The van der Waals surface area contributed by atoms with Crippen LogP contribution in [0.5, 0.6) is 5.75 Å².